The van der Waals surface area contributed by atoms with E-state index in [1.165, 1.54) is 32.1 Å². The first-order valence-electron chi connectivity index (χ1n) is 7.03. The lowest BCUT2D eigenvalue weighted by atomic mass is 9.50. The Morgan fingerprint density at radius 1 is 1.12 bits per heavy atom. The van der Waals surface area contributed by atoms with Crippen LogP contribution in [0.4, 0.5) is 0 Å². The van der Waals surface area contributed by atoms with E-state index in [0.717, 1.165) is 29.2 Å². The van der Waals surface area contributed by atoms with Crippen molar-refractivity contribution in [3.05, 3.63) is 12.2 Å². The summed E-state index contributed by atoms with van der Waals surface area (Å²) in [4.78, 5) is 11.3. The minimum Gasteiger partial charge on any atom is -0.232 e. The summed E-state index contributed by atoms with van der Waals surface area (Å²) in [6.07, 6.45) is 6.93. The SMILES string of the molecule is C=C(C)COOC1(C)C2CC3CC(C2)CC1C3. The largest absolute Gasteiger partial charge is 0.232 e. The van der Waals surface area contributed by atoms with Crippen molar-refractivity contribution in [1.82, 2.24) is 0 Å². The lowest BCUT2D eigenvalue weighted by Crippen LogP contribution is -2.57. The molecule has 0 unspecified atom stereocenters. The molecule has 4 aliphatic carbocycles. The molecular weight excluding hydrogens is 212 g/mol. The average Bonchev–Trinajstić information content (AvgIpc) is 2.24. The van der Waals surface area contributed by atoms with Gasteiger partial charge in [0.25, 0.3) is 0 Å². The first-order valence-corrected chi connectivity index (χ1v) is 7.03. The van der Waals surface area contributed by atoms with Gasteiger partial charge in [-0.1, -0.05) is 12.2 Å². The van der Waals surface area contributed by atoms with E-state index < -0.39 is 0 Å². The third-order valence-corrected chi connectivity index (χ3v) is 5.30. The molecule has 0 saturated heterocycles. The molecule has 4 fully saturated rings. The first kappa shape index (κ1) is 11.7. The molecule has 0 spiro atoms. The average molecular weight is 236 g/mol. The molecule has 0 radical (unpaired) electrons. The van der Waals surface area contributed by atoms with Crippen LogP contribution in [0.2, 0.25) is 0 Å². The van der Waals surface area contributed by atoms with Crippen molar-refractivity contribution < 1.29 is 9.78 Å². The molecule has 0 aromatic heterocycles. The molecule has 0 aromatic rings. The van der Waals surface area contributed by atoms with Gasteiger partial charge < -0.3 is 0 Å². The van der Waals surface area contributed by atoms with E-state index in [-0.39, 0.29) is 5.60 Å². The third-order valence-electron chi connectivity index (χ3n) is 5.30. The van der Waals surface area contributed by atoms with Gasteiger partial charge in [-0.15, -0.1) is 0 Å². The van der Waals surface area contributed by atoms with Gasteiger partial charge in [-0.2, -0.15) is 0 Å². The van der Waals surface area contributed by atoms with Crippen LogP contribution in [0.3, 0.4) is 0 Å². The highest BCUT2D eigenvalue weighted by Gasteiger charge is 2.56. The molecule has 0 aromatic carbocycles. The number of hydrogen-bond acceptors (Lipinski definition) is 2. The summed E-state index contributed by atoms with van der Waals surface area (Å²) in [7, 11) is 0. The maximum Gasteiger partial charge on any atom is 0.106 e. The molecule has 0 amide bonds. The monoisotopic (exact) mass is 236 g/mol. The third kappa shape index (κ3) is 1.96. The van der Waals surface area contributed by atoms with Crippen LogP contribution < -0.4 is 0 Å². The van der Waals surface area contributed by atoms with E-state index in [9.17, 15) is 0 Å². The zero-order valence-corrected chi connectivity index (χ0v) is 11.1. The molecule has 0 heterocycles. The van der Waals surface area contributed by atoms with Crippen LogP contribution in [0, 0.1) is 23.7 Å². The second-order valence-electron chi connectivity index (χ2n) is 6.79. The predicted octanol–water partition coefficient (Wildman–Crippen LogP) is 3.73. The minimum atomic E-state index is -0.0249. The summed E-state index contributed by atoms with van der Waals surface area (Å²) in [5, 5.41) is 0. The molecule has 96 valence electrons. The lowest BCUT2D eigenvalue weighted by Gasteiger charge is -2.58. The fourth-order valence-electron chi connectivity index (χ4n) is 4.51. The van der Waals surface area contributed by atoms with Gasteiger partial charge in [0.1, 0.15) is 12.2 Å². The van der Waals surface area contributed by atoms with Crippen LogP contribution in [0.15, 0.2) is 12.2 Å². The zero-order valence-electron chi connectivity index (χ0n) is 11.1. The number of hydrogen-bond donors (Lipinski definition) is 0. The molecule has 2 heteroatoms. The summed E-state index contributed by atoms with van der Waals surface area (Å²) in [6.45, 7) is 8.63. The van der Waals surface area contributed by atoms with Gasteiger partial charge >= 0.3 is 0 Å². The second kappa shape index (κ2) is 4.10. The van der Waals surface area contributed by atoms with Gasteiger partial charge in [-0.3, -0.25) is 0 Å². The molecule has 0 aliphatic heterocycles. The molecule has 4 aliphatic rings. The molecule has 17 heavy (non-hydrogen) atoms. The highest BCUT2D eigenvalue weighted by atomic mass is 17.2. The van der Waals surface area contributed by atoms with Gasteiger partial charge in [0, 0.05) is 0 Å². The maximum absolute atomic E-state index is 5.86. The van der Waals surface area contributed by atoms with Crippen LogP contribution in [0.5, 0.6) is 0 Å². The number of rotatable bonds is 4. The van der Waals surface area contributed by atoms with Crippen LogP contribution in [0.25, 0.3) is 0 Å². The Balaban J connectivity index is 1.67. The van der Waals surface area contributed by atoms with Gasteiger partial charge in [0.05, 0.1) is 0 Å². The van der Waals surface area contributed by atoms with Crippen LogP contribution in [0.1, 0.15) is 46.0 Å². The highest BCUT2D eigenvalue weighted by Crippen LogP contribution is 2.59. The van der Waals surface area contributed by atoms with E-state index in [1.54, 1.807) is 0 Å². The summed E-state index contributed by atoms with van der Waals surface area (Å²) < 4.78 is 0. The van der Waals surface area contributed by atoms with Gasteiger partial charge in [-0.05, 0) is 69.6 Å². The quantitative estimate of drug-likeness (QED) is 0.421. The maximum atomic E-state index is 5.86. The van der Waals surface area contributed by atoms with E-state index in [4.69, 9.17) is 9.78 Å². The van der Waals surface area contributed by atoms with Crippen LogP contribution >= 0.6 is 0 Å². The summed E-state index contributed by atoms with van der Waals surface area (Å²) in [5.41, 5.74) is 1.00. The Bertz CT molecular complexity index is 293. The summed E-state index contributed by atoms with van der Waals surface area (Å²) >= 11 is 0. The normalized spacial score (nSPS) is 47.4. The summed E-state index contributed by atoms with van der Waals surface area (Å²) in [6, 6.07) is 0. The molecule has 2 nitrogen and oxygen atoms in total. The first-order chi connectivity index (χ1) is 8.08. The second-order valence-corrected chi connectivity index (χ2v) is 6.79. The van der Waals surface area contributed by atoms with Crippen molar-refractivity contribution in [2.24, 2.45) is 23.7 Å². The molecule has 4 saturated carbocycles. The zero-order chi connectivity index (χ0) is 12.0. The fraction of sp³-hybridized carbons (Fsp3) is 0.867. The minimum absolute atomic E-state index is 0.0249. The van der Waals surface area contributed by atoms with Crippen molar-refractivity contribution in [3.63, 3.8) is 0 Å². The van der Waals surface area contributed by atoms with Gasteiger partial charge in [0.15, 0.2) is 0 Å². The highest BCUT2D eigenvalue weighted by molar-refractivity contribution is 5.05. The lowest BCUT2D eigenvalue weighted by molar-refractivity contribution is -0.395. The van der Waals surface area contributed by atoms with Crippen molar-refractivity contribution >= 4 is 0 Å². The Kier molecular flexibility index (Phi) is 2.83. The molecule has 4 rings (SSSR count). The van der Waals surface area contributed by atoms with E-state index in [0.29, 0.717) is 6.61 Å². The van der Waals surface area contributed by atoms with Crippen molar-refractivity contribution in [2.45, 2.75) is 51.6 Å². The topological polar surface area (TPSA) is 18.5 Å². The smallest absolute Gasteiger partial charge is 0.106 e. The van der Waals surface area contributed by atoms with Crippen LogP contribution in [-0.2, 0) is 9.78 Å². The van der Waals surface area contributed by atoms with E-state index >= 15 is 0 Å². The Morgan fingerprint density at radius 3 is 2.12 bits per heavy atom. The van der Waals surface area contributed by atoms with Gasteiger partial charge in [0.2, 0.25) is 0 Å². The van der Waals surface area contributed by atoms with Gasteiger partial charge in [-0.25, -0.2) is 9.78 Å². The van der Waals surface area contributed by atoms with E-state index in [1.807, 2.05) is 6.92 Å². The van der Waals surface area contributed by atoms with Crippen molar-refractivity contribution in [3.8, 4) is 0 Å². The Labute approximate surface area is 104 Å². The predicted molar refractivity (Wildman–Crippen MR) is 67.3 cm³/mol. The molecular formula is C15H24O2. The molecule has 0 atom stereocenters. The molecule has 4 bridgehead atoms. The Morgan fingerprint density at radius 2 is 1.65 bits per heavy atom. The van der Waals surface area contributed by atoms with E-state index in [2.05, 4.69) is 13.5 Å². The van der Waals surface area contributed by atoms with Crippen LogP contribution in [-0.4, -0.2) is 12.2 Å². The fourth-order valence-corrected chi connectivity index (χ4v) is 4.51. The van der Waals surface area contributed by atoms with Crippen molar-refractivity contribution in [1.29, 1.82) is 0 Å². The summed E-state index contributed by atoms with van der Waals surface area (Å²) in [5.74, 6) is 3.42. The standard InChI is InChI=1S/C15H24O2/c1-10(2)9-16-17-15(3)13-5-11-4-12(7-13)8-14(15)6-11/h11-14H,1,4-9H2,2-3H3. The Hall–Kier alpha value is -0.340. The molecule has 0 N–H and O–H groups in total. The van der Waals surface area contributed by atoms with Crippen molar-refractivity contribution in [2.75, 3.05) is 6.61 Å².